The van der Waals surface area contributed by atoms with Gasteiger partial charge in [-0.05, 0) is 38.8 Å². The molecule has 84 valence electrons. The van der Waals surface area contributed by atoms with Gasteiger partial charge in [0.25, 0.3) is 0 Å². The van der Waals surface area contributed by atoms with Crippen LogP contribution in [-0.4, -0.2) is 43.2 Å². The van der Waals surface area contributed by atoms with Gasteiger partial charge in [0.15, 0.2) is 0 Å². The summed E-state index contributed by atoms with van der Waals surface area (Å²) in [4.78, 5) is 2.53. The van der Waals surface area contributed by atoms with Crippen molar-refractivity contribution in [2.45, 2.75) is 25.3 Å². The highest BCUT2D eigenvalue weighted by Crippen LogP contribution is 2.34. The van der Waals surface area contributed by atoms with E-state index in [1.807, 2.05) is 6.92 Å². The first kappa shape index (κ1) is 10.9. The second kappa shape index (κ2) is 4.52. The zero-order valence-electron chi connectivity index (χ0n) is 9.55. The van der Waals surface area contributed by atoms with Gasteiger partial charge < -0.3 is 10.6 Å². The second-order valence-electron chi connectivity index (χ2n) is 4.69. The van der Waals surface area contributed by atoms with E-state index in [1.54, 1.807) is 0 Å². The van der Waals surface area contributed by atoms with E-state index in [0.717, 1.165) is 25.6 Å². The molecule has 3 N–H and O–H groups in total. The predicted molar refractivity (Wildman–Crippen MR) is 62.4 cm³/mol. The Hall–Kier alpha value is -0.560. The number of nitrogens with two attached hydrogens (primary N) is 1. The Labute approximate surface area is 92.4 Å². The molecule has 0 spiro atoms. The molecule has 0 saturated carbocycles. The van der Waals surface area contributed by atoms with Crippen molar-refractivity contribution in [3.8, 4) is 11.8 Å². The van der Waals surface area contributed by atoms with Gasteiger partial charge in [0.2, 0.25) is 0 Å². The van der Waals surface area contributed by atoms with Crippen LogP contribution in [0.1, 0.15) is 19.8 Å². The molecular formula is C12H21N3. The summed E-state index contributed by atoms with van der Waals surface area (Å²) in [5.41, 5.74) is 6.11. The molecule has 0 aromatic carbocycles. The summed E-state index contributed by atoms with van der Waals surface area (Å²) in [6.07, 6.45) is 2.59. The lowest BCUT2D eigenvalue weighted by Crippen LogP contribution is -2.69. The van der Waals surface area contributed by atoms with Crippen molar-refractivity contribution in [2.24, 2.45) is 11.7 Å². The molecule has 0 aromatic heterocycles. The topological polar surface area (TPSA) is 41.3 Å². The largest absolute Gasteiger partial charge is 0.329 e. The van der Waals surface area contributed by atoms with Crippen LogP contribution >= 0.6 is 0 Å². The van der Waals surface area contributed by atoms with E-state index in [4.69, 9.17) is 5.73 Å². The van der Waals surface area contributed by atoms with Crippen molar-refractivity contribution in [2.75, 3.05) is 32.7 Å². The maximum Gasteiger partial charge on any atom is 0.0581 e. The lowest BCUT2D eigenvalue weighted by molar-refractivity contribution is 0.0134. The fraction of sp³-hybridized carbons (Fsp3) is 0.833. The number of hydrogen-bond acceptors (Lipinski definition) is 3. The molecule has 15 heavy (non-hydrogen) atoms. The first-order chi connectivity index (χ1) is 7.30. The van der Waals surface area contributed by atoms with Crippen LogP contribution in [0.5, 0.6) is 0 Å². The van der Waals surface area contributed by atoms with Crippen LogP contribution in [-0.2, 0) is 0 Å². The molecule has 0 radical (unpaired) electrons. The van der Waals surface area contributed by atoms with E-state index in [-0.39, 0.29) is 5.54 Å². The standard InChI is InChI=1S/C12H21N3/c1-2-3-6-14-12(9-13)10-15-7-4-11(12)5-8-15/h11,14H,4-10,13H2,1H3. The lowest BCUT2D eigenvalue weighted by atomic mass is 9.73. The number of fused-ring (bicyclic) bond motifs is 3. The Morgan fingerprint density at radius 2 is 2.20 bits per heavy atom. The average molecular weight is 207 g/mol. The monoisotopic (exact) mass is 207 g/mol. The zero-order valence-corrected chi connectivity index (χ0v) is 9.55. The third kappa shape index (κ3) is 2.03. The number of rotatable bonds is 3. The van der Waals surface area contributed by atoms with E-state index in [0.29, 0.717) is 0 Å². The number of nitrogens with zero attached hydrogens (tertiary/aromatic N) is 1. The summed E-state index contributed by atoms with van der Waals surface area (Å²) in [5, 5.41) is 3.58. The summed E-state index contributed by atoms with van der Waals surface area (Å²) in [5.74, 6) is 6.76. The number of hydrogen-bond donors (Lipinski definition) is 2. The molecule has 0 amide bonds. The molecule has 3 saturated heterocycles. The third-order valence-corrected chi connectivity index (χ3v) is 3.94. The highest BCUT2D eigenvalue weighted by atomic mass is 15.2. The fourth-order valence-corrected chi connectivity index (χ4v) is 2.98. The smallest absolute Gasteiger partial charge is 0.0581 e. The molecule has 3 nitrogen and oxygen atoms in total. The van der Waals surface area contributed by atoms with E-state index >= 15 is 0 Å². The van der Waals surface area contributed by atoms with Gasteiger partial charge in [-0.2, -0.15) is 0 Å². The molecule has 0 aliphatic carbocycles. The maximum absolute atomic E-state index is 5.97. The van der Waals surface area contributed by atoms with Crippen molar-refractivity contribution in [1.82, 2.24) is 10.2 Å². The van der Waals surface area contributed by atoms with Crippen LogP contribution in [0.4, 0.5) is 0 Å². The second-order valence-corrected chi connectivity index (χ2v) is 4.69. The van der Waals surface area contributed by atoms with E-state index < -0.39 is 0 Å². The molecular weight excluding hydrogens is 186 g/mol. The van der Waals surface area contributed by atoms with Crippen LogP contribution < -0.4 is 11.1 Å². The highest BCUT2D eigenvalue weighted by molar-refractivity contribution is 5.08. The molecule has 0 aromatic rings. The molecule has 3 aliphatic rings. The summed E-state index contributed by atoms with van der Waals surface area (Å²) < 4.78 is 0. The summed E-state index contributed by atoms with van der Waals surface area (Å²) in [6, 6.07) is 0. The van der Waals surface area contributed by atoms with Gasteiger partial charge >= 0.3 is 0 Å². The summed E-state index contributed by atoms with van der Waals surface area (Å²) >= 11 is 0. The first-order valence-corrected chi connectivity index (χ1v) is 5.88. The minimum absolute atomic E-state index is 0.139. The van der Waals surface area contributed by atoms with Crippen LogP contribution in [0.25, 0.3) is 0 Å². The Morgan fingerprint density at radius 1 is 1.47 bits per heavy atom. The van der Waals surface area contributed by atoms with Crippen LogP contribution in [0.3, 0.4) is 0 Å². The predicted octanol–water partition coefficient (Wildman–Crippen LogP) is 0.0224. The minimum Gasteiger partial charge on any atom is -0.329 e. The Kier molecular flexibility index (Phi) is 3.30. The van der Waals surface area contributed by atoms with Gasteiger partial charge in [-0.1, -0.05) is 5.92 Å². The molecule has 1 atom stereocenters. The molecule has 2 bridgehead atoms. The van der Waals surface area contributed by atoms with Gasteiger partial charge in [-0.25, -0.2) is 0 Å². The highest BCUT2D eigenvalue weighted by Gasteiger charge is 2.45. The molecule has 1 unspecified atom stereocenters. The van der Waals surface area contributed by atoms with E-state index in [1.165, 1.54) is 25.9 Å². The maximum atomic E-state index is 5.97. The zero-order chi connectivity index (χ0) is 10.7. The Balaban J connectivity index is 2.03. The van der Waals surface area contributed by atoms with Crippen molar-refractivity contribution in [3.63, 3.8) is 0 Å². The Morgan fingerprint density at radius 3 is 2.67 bits per heavy atom. The van der Waals surface area contributed by atoms with Crippen LogP contribution in [0, 0.1) is 17.8 Å². The van der Waals surface area contributed by atoms with Gasteiger partial charge in [0.1, 0.15) is 0 Å². The SMILES string of the molecule is CC#CCNC1(CN)CN2CCC1CC2. The van der Waals surface area contributed by atoms with Gasteiger partial charge in [0.05, 0.1) is 6.54 Å². The van der Waals surface area contributed by atoms with Crippen molar-refractivity contribution in [3.05, 3.63) is 0 Å². The van der Waals surface area contributed by atoms with E-state index in [9.17, 15) is 0 Å². The van der Waals surface area contributed by atoms with E-state index in [2.05, 4.69) is 22.1 Å². The van der Waals surface area contributed by atoms with Crippen molar-refractivity contribution >= 4 is 0 Å². The Bertz CT molecular complexity index is 270. The normalized spacial score (nSPS) is 38.5. The van der Waals surface area contributed by atoms with Crippen LogP contribution in [0.2, 0.25) is 0 Å². The summed E-state index contributed by atoms with van der Waals surface area (Å²) in [7, 11) is 0. The molecule has 3 rings (SSSR count). The first-order valence-electron chi connectivity index (χ1n) is 5.88. The molecule has 3 heteroatoms. The molecule has 3 fully saturated rings. The number of piperidine rings is 3. The van der Waals surface area contributed by atoms with Gasteiger partial charge in [0, 0.05) is 18.6 Å². The van der Waals surface area contributed by atoms with Gasteiger partial charge in [-0.3, -0.25) is 5.32 Å². The fourth-order valence-electron chi connectivity index (χ4n) is 2.98. The quantitative estimate of drug-likeness (QED) is 0.641. The average Bonchev–Trinajstić information content (AvgIpc) is 2.31. The number of nitrogens with one attached hydrogen (secondary N) is 1. The van der Waals surface area contributed by atoms with Crippen molar-refractivity contribution < 1.29 is 0 Å². The molecule has 3 heterocycles. The molecule has 3 aliphatic heterocycles. The van der Waals surface area contributed by atoms with Crippen LogP contribution in [0.15, 0.2) is 0 Å². The summed E-state index contributed by atoms with van der Waals surface area (Å²) in [6.45, 7) is 7.02. The lowest BCUT2D eigenvalue weighted by Gasteiger charge is -2.53. The minimum atomic E-state index is 0.139. The van der Waals surface area contributed by atoms with Crippen molar-refractivity contribution in [1.29, 1.82) is 0 Å². The van der Waals surface area contributed by atoms with Gasteiger partial charge in [-0.15, -0.1) is 5.92 Å². The third-order valence-electron chi connectivity index (χ3n) is 3.94.